The van der Waals surface area contributed by atoms with Crippen LogP contribution in [0.25, 0.3) is 0 Å². The van der Waals surface area contributed by atoms with Crippen LogP contribution in [0.1, 0.15) is 33.6 Å². The molecule has 0 amide bonds. The lowest BCUT2D eigenvalue weighted by molar-refractivity contribution is 0.314. The third-order valence-corrected chi connectivity index (χ3v) is 1.91. The summed E-state index contributed by atoms with van der Waals surface area (Å²) in [5.41, 5.74) is 0. The molecule has 1 nitrogen and oxygen atoms in total. The van der Waals surface area contributed by atoms with Gasteiger partial charge in [0.05, 0.1) is 0 Å². The zero-order valence-corrected chi connectivity index (χ0v) is 8.72. The minimum Gasteiger partial charge on any atom is -0.309 e. The van der Waals surface area contributed by atoms with Crippen LogP contribution in [-0.2, 0) is 0 Å². The van der Waals surface area contributed by atoms with E-state index in [0.29, 0.717) is 0 Å². The Hall–Kier alpha value is -0.0400. The van der Waals surface area contributed by atoms with Crippen molar-refractivity contribution in [2.45, 2.75) is 33.6 Å². The molecule has 0 radical (unpaired) electrons. The molecule has 0 saturated carbocycles. The third kappa shape index (κ3) is 7.86. The summed E-state index contributed by atoms with van der Waals surface area (Å²) >= 11 is 0. The summed E-state index contributed by atoms with van der Waals surface area (Å²) in [5, 5.41) is 0. The van der Waals surface area contributed by atoms with Crippen molar-refractivity contribution in [3.63, 3.8) is 0 Å². The first-order valence-electron chi connectivity index (χ1n) is 4.67. The minimum absolute atomic E-state index is 0.854. The van der Waals surface area contributed by atoms with Crippen LogP contribution < -0.4 is 0 Å². The van der Waals surface area contributed by atoms with Crippen LogP contribution in [0, 0.1) is 11.8 Å². The van der Waals surface area contributed by atoms with E-state index in [4.69, 9.17) is 0 Å². The molecule has 0 aromatic rings. The van der Waals surface area contributed by atoms with E-state index in [1.807, 2.05) is 0 Å². The maximum atomic E-state index is 2.34. The smallest absolute Gasteiger partial charge is 0.0000921 e. The molecule has 0 aromatic carbocycles. The van der Waals surface area contributed by atoms with Gasteiger partial charge in [-0.2, -0.15) is 0 Å². The van der Waals surface area contributed by atoms with Crippen molar-refractivity contribution >= 4 is 0 Å². The highest BCUT2D eigenvalue weighted by Gasteiger charge is 2.04. The molecule has 11 heavy (non-hydrogen) atoms. The van der Waals surface area contributed by atoms with Gasteiger partial charge in [-0.1, -0.05) is 27.2 Å². The normalized spacial score (nSPS) is 14.5. The average molecular weight is 157 g/mol. The van der Waals surface area contributed by atoms with Crippen LogP contribution in [0.15, 0.2) is 0 Å². The highest BCUT2D eigenvalue weighted by Crippen LogP contribution is 2.11. The molecular weight excluding hydrogens is 134 g/mol. The van der Waals surface area contributed by atoms with Crippen molar-refractivity contribution in [1.82, 2.24) is 4.90 Å². The first-order chi connectivity index (χ1) is 5.02. The van der Waals surface area contributed by atoms with Gasteiger partial charge in [-0.25, -0.2) is 0 Å². The molecule has 0 aliphatic rings. The summed E-state index contributed by atoms with van der Waals surface area (Å²) in [5.74, 6) is 1.71. The second-order valence-corrected chi connectivity index (χ2v) is 4.34. The summed E-state index contributed by atoms with van der Waals surface area (Å²) in [6.45, 7) is 8.15. The highest BCUT2D eigenvalue weighted by atomic mass is 15.1. The number of hydrogen-bond acceptors (Lipinski definition) is 1. The fourth-order valence-corrected chi connectivity index (χ4v) is 1.33. The summed E-state index contributed by atoms with van der Waals surface area (Å²) in [6, 6.07) is 0. The SMILES string of the molecule is CC(C)CC[C@H](C)CN(C)C. The Balaban J connectivity index is 3.29. The van der Waals surface area contributed by atoms with Crippen LogP contribution in [0.5, 0.6) is 0 Å². The Kier molecular flexibility index (Phi) is 5.57. The van der Waals surface area contributed by atoms with E-state index in [2.05, 4.69) is 39.8 Å². The molecule has 0 saturated heterocycles. The van der Waals surface area contributed by atoms with E-state index in [-0.39, 0.29) is 0 Å². The first-order valence-corrected chi connectivity index (χ1v) is 4.67. The maximum Gasteiger partial charge on any atom is 0.0000921 e. The van der Waals surface area contributed by atoms with Gasteiger partial charge < -0.3 is 4.90 Å². The first kappa shape index (κ1) is 11.0. The standard InChI is InChI=1S/C10H23N/c1-9(2)6-7-10(3)8-11(4)5/h9-10H,6-8H2,1-5H3/t10-/m0/s1. The van der Waals surface area contributed by atoms with Gasteiger partial charge in [0.1, 0.15) is 0 Å². The largest absolute Gasteiger partial charge is 0.309 e. The number of nitrogens with zero attached hydrogens (tertiary/aromatic N) is 1. The minimum atomic E-state index is 0.854. The zero-order valence-electron chi connectivity index (χ0n) is 8.72. The molecule has 1 heteroatoms. The molecule has 0 aromatic heterocycles. The van der Waals surface area contributed by atoms with E-state index >= 15 is 0 Å². The fourth-order valence-electron chi connectivity index (χ4n) is 1.33. The number of hydrogen-bond donors (Lipinski definition) is 0. The van der Waals surface area contributed by atoms with Crippen LogP contribution in [0.2, 0.25) is 0 Å². The molecule has 0 heterocycles. The molecule has 0 N–H and O–H groups in total. The van der Waals surface area contributed by atoms with Crippen molar-refractivity contribution in [2.75, 3.05) is 20.6 Å². The Morgan fingerprint density at radius 2 is 1.55 bits per heavy atom. The van der Waals surface area contributed by atoms with Crippen molar-refractivity contribution < 1.29 is 0 Å². The zero-order chi connectivity index (χ0) is 8.85. The fraction of sp³-hybridized carbons (Fsp3) is 1.00. The average Bonchev–Trinajstić information content (AvgIpc) is 1.82. The predicted molar refractivity (Wildman–Crippen MR) is 51.8 cm³/mol. The van der Waals surface area contributed by atoms with E-state index in [9.17, 15) is 0 Å². The molecule has 1 atom stereocenters. The molecule has 0 aliphatic carbocycles. The monoisotopic (exact) mass is 157 g/mol. The quantitative estimate of drug-likeness (QED) is 0.593. The van der Waals surface area contributed by atoms with Gasteiger partial charge in [0, 0.05) is 6.54 Å². The van der Waals surface area contributed by atoms with Crippen molar-refractivity contribution in [2.24, 2.45) is 11.8 Å². The van der Waals surface area contributed by atoms with Gasteiger partial charge in [-0.05, 0) is 32.4 Å². The molecule has 0 spiro atoms. The Morgan fingerprint density at radius 3 is 1.91 bits per heavy atom. The molecule has 0 rings (SSSR count). The summed E-state index contributed by atoms with van der Waals surface area (Å²) in [6.07, 6.45) is 2.74. The Bertz CT molecular complexity index is 86.9. The second-order valence-electron chi connectivity index (χ2n) is 4.34. The molecule has 68 valence electrons. The van der Waals surface area contributed by atoms with Crippen molar-refractivity contribution in [3.8, 4) is 0 Å². The van der Waals surface area contributed by atoms with Crippen molar-refractivity contribution in [1.29, 1.82) is 0 Å². The molecule has 0 aliphatic heterocycles. The van der Waals surface area contributed by atoms with Crippen LogP contribution in [0.4, 0.5) is 0 Å². The molecule has 0 fully saturated rings. The third-order valence-electron chi connectivity index (χ3n) is 1.91. The Labute approximate surface area is 71.8 Å². The molecule has 0 bridgehead atoms. The van der Waals surface area contributed by atoms with Crippen molar-refractivity contribution in [3.05, 3.63) is 0 Å². The van der Waals surface area contributed by atoms with Gasteiger partial charge in [-0.15, -0.1) is 0 Å². The summed E-state index contributed by atoms with van der Waals surface area (Å²) < 4.78 is 0. The lowest BCUT2D eigenvalue weighted by Gasteiger charge is -2.17. The topological polar surface area (TPSA) is 3.24 Å². The summed E-state index contributed by atoms with van der Waals surface area (Å²) in [4.78, 5) is 2.27. The second kappa shape index (κ2) is 5.59. The van der Waals surface area contributed by atoms with Gasteiger partial charge in [0.2, 0.25) is 0 Å². The lowest BCUT2D eigenvalue weighted by atomic mass is 9.99. The van der Waals surface area contributed by atoms with Gasteiger partial charge in [0.15, 0.2) is 0 Å². The van der Waals surface area contributed by atoms with Crippen LogP contribution in [-0.4, -0.2) is 25.5 Å². The van der Waals surface area contributed by atoms with E-state index < -0.39 is 0 Å². The van der Waals surface area contributed by atoms with Gasteiger partial charge >= 0.3 is 0 Å². The highest BCUT2D eigenvalue weighted by molar-refractivity contribution is 4.57. The van der Waals surface area contributed by atoms with Crippen LogP contribution >= 0.6 is 0 Å². The van der Waals surface area contributed by atoms with Gasteiger partial charge in [0.25, 0.3) is 0 Å². The predicted octanol–water partition coefficient (Wildman–Crippen LogP) is 2.62. The number of rotatable bonds is 5. The Morgan fingerprint density at radius 1 is 1.00 bits per heavy atom. The van der Waals surface area contributed by atoms with E-state index in [1.165, 1.54) is 19.4 Å². The van der Waals surface area contributed by atoms with E-state index in [0.717, 1.165) is 11.8 Å². The lowest BCUT2D eigenvalue weighted by Crippen LogP contribution is -2.19. The van der Waals surface area contributed by atoms with E-state index in [1.54, 1.807) is 0 Å². The van der Waals surface area contributed by atoms with Crippen LogP contribution in [0.3, 0.4) is 0 Å². The summed E-state index contributed by atoms with van der Waals surface area (Å²) in [7, 11) is 4.29. The van der Waals surface area contributed by atoms with Gasteiger partial charge in [-0.3, -0.25) is 0 Å². The molecular formula is C10H23N. The molecule has 0 unspecified atom stereocenters. The maximum absolute atomic E-state index is 2.34.